The normalized spacial score (nSPS) is 12.3. The molecule has 0 aliphatic carbocycles. The molecule has 1 N–H and O–H groups in total. The van der Waals surface area contributed by atoms with Crippen LogP contribution in [0.2, 0.25) is 0 Å². The van der Waals surface area contributed by atoms with Crippen molar-refractivity contribution in [2.75, 3.05) is 13.2 Å². The fourth-order valence-electron chi connectivity index (χ4n) is 1.14. The van der Waals surface area contributed by atoms with Gasteiger partial charge < -0.3 is 14.6 Å². The van der Waals surface area contributed by atoms with E-state index in [1.54, 1.807) is 6.92 Å². The summed E-state index contributed by atoms with van der Waals surface area (Å²) in [4.78, 5) is 21.6. The molecule has 1 atom stereocenters. The zero-order valence-electron chi connectivity index (χ0n) is 9.36. The second-order valence-corrected chi connectivity index (χ2v) is 3.66. The Labute approximate surface area is 89.4 Å². The zero-order chi connectivity index (χ0) is 11.8. The molecule has 5 nitrogen and oxygen atoms in total. The lowest BCUT2D eigenvalue weighted by Gasteiger charge is -2.14. The first-order chi connectivity index (χ1) is 6.97. The Bertz CT molecular complexity index is 212. The number of hydrogen-bond donors (Lipinski definition) is 1. The van der Waals surface area contributed by atoms with Gasteiger partial charge in [0.15, 0.2) is 0 Å². The molecule has 0 aromatic carbocycles. The van der Waals surface area contributed by atoms with Gasteiger partial charge in [0.25, 0.3) is 0 Å². The van der Waals surface area contributed by atoms with Gasteiger partial charge in [0, 0.05) is 0 Å². The lowest BCUT2D eigenvalue weighted by Crippen LogP contribution is -2.23. The van der Waals surface area contributed by atoms with E-state index in [9.17, 15) is 9.59 Å². The number of carboxylic acids is 1. The summed E-state index contributed by atoms with van der Waals surface area (Å²) in [6.07, 6.45) is -0.332. The topological polar surface area (TPSA) is 72.8 Å². The average molecular weight is 218 g/mol. The van der Waals surface area contributed by atoms with Gasteiger partial charge >= 0.3 is 12.1 Å². The van der Waals surface area contributed by atoms with Crippen LogP contribution in [0, 0.1) is 11.8 Å². The lowest BCUT2D eigenvalue weighted by molar-refractivity contribution is -0.143. The third-order valence-corrected chi connectivity index (χ3v) is 1.77. The first-order valence-electron chi connectivity index (χ1n) is 4.99. The Morgan fingerprint density at radius 1 is 1.27 bits per heavy atom. The van der Waals surface area contributed by atoms with E-state index in [1.807, 2.05) is 13.8 Å². The summed E-state index contributed by atoms with van der Waals surface area (Å²) < 4.78 is 9.19. The first-order valence-corrected chi connectivity index (χ1v) is 4.99. The van der Waals surface area contributed by atoms with Crippen molar-refractivity contribution >= 4 is 12.1 Å². The summed E-state index contributed by atoms with van der Waals surface area (Å²) in [5, 5.41) is 8.83. The molecule has 1 unspecified atom stereocenters. The van der Waals surface area contributed by atoms with Gasteiger partial charge in [-0.3, -0.25) is 4.79 Å². The highest BCUT2D eigenvalue weighted by Crippen LogP contribution is 2.12. The van der Waals surface area contributed by atoms with Crippen molar-refractivity contribution < 1.29 is 24.2 Å². The first kappa shape index (κ1) is 13.7. The summed E-state index contributed by atoms with van der Waals surface area (Å²) in [7, 11) is 0. The highest BCUT2D eigenvalue weighted by atomic mass is 16.7. The average Bonchev–Trinajstić information content (AvgIpc) is 2.11. The van der Waals surface area contributed by atoms with E-state index in [0.29, 0.717) is 6.42 Å². The molecule has 0 aliphatic heterocycles. The van der Waals surface area contributed by atoms with Crippen LogP contribution in [0.25, 0.3) is 0 Å². The van der Waals surface area contributed by atoms with Crippen molar-refractivity contribution in [3.05, 3.63) is 0 Å². The molecular formula is C10H18O5. The van der Waals surface area contributed by atoms with E-state index in [1.165, 1.54) is 0 Å². The van der Waals surface area contributed by atoms with Gasteiger partial charge in [0.1, 0.15) is 6.61 Å². The predicted octanol–water partition coefficient (Wildman–Crippen LogP) is 1.91. The Morgan fingerprint density at radius 3 is 2.27 bits per heavy atom. The van der Waals surface area contributed by atoms with Crippen LogP contribution in [0.15, 0.2) is 0 Å². The van der Waals surface area contributed by atoms with Crippen molar-refractivity contribution in [2.24, 2.45) is 11.8 Å². The number of carboxylic acid groups (broad SMARTS) is 1. The third kappa shape index (κ3) is 6.76. The maximum Gasteiger partial charge on any atom is 0.508 e. The van der Waals surface area contributed by atoms with E-state index in [0.717, 1.165) is 0 Å². The smallest absolute Gasteiger partial charge is 0.481 e. The van der Waals surface area contributed by atoms with E-state index in [4.69, 9.17) is 5.11 Å². The third-order valence-electron chi connectivity index (χ3n) is 1.77. The molecule has 0 radical (unpaired) electrons. The van der Waals surface area contributed by atoms with Crippen molar-refractivity contribution in [3.63, 3.8) is 0 Å². The largest absolute Gasteiger partial charge is 0.508 e. The predicted molar refractivity (Wildman–Crippen MR) is 53.6 cm³/mol. The molecule has 0 aromatic heterocycles. The van der Waals surface area contributed by atoms with Crippen molar-refractivity contribution in [1.29, 1.82) is 0 Å². The SMILES string of the molecule is CCOC(=O)OCC(CC(C)C)C(=O)O. The monoisotopic (exact) mass is 218 g/mol. The number of hydrogen-bond acceptors (Lipinski definition) is 4. The lowest BCUT2D eigenvalue weighted by atomic mass is 9.98. The number of ether oxygens (including phenoxy) is 2. The molecule has 0 amide bonds. The summed E-state index contributed by atoms with van der Waals surface area (Å²) in [6, 6.07) is 0. The summed E-state index contributed by atoms with van der Waals surface area (Å²) in [5.41, 5.74) is 0. The minimum atomic E-state index is -0.951. The second kappa shape index (κ2) is 7.09. The number of carbonyl (C=O) groups is 2. The van der Waals surface area contributed by atoms with Gasteiger partial charge in [0.05, 0.1) is 12.5 Å². The maximum atomic E-state index is 10.8. The molecule has 0 saturated heterocycles. The molecule has 0 spiro atoms. The molecule has 5 heteroatoms. The van der Waals surface area contributed by atoms with Gasteiger partial charge in [0.2, 0.25) is 0 Å². The van der Waals surface area contributed by atoms with Crippen molar-refractivity contribution in [3.8, 4) is 0 Å². The molecule has 0 saturated carbocycles. The molecular weight excluding hydrogens is 200 g/mol. The Hall–Kier alpha value is -1.26. The van der Waals surface area contributed by atoms with Crippen molar-refractivity contribution in [1.82, 2.24) is 0 Å². The molecule has 0 heterocycles. The highest BCUT2D eigenvalue weighted by molar-refractivity contribution is 5.70. The quantitative estimate of drug-likeness (QED) is 0.689. The van der Waals surface area contributed by atoms with Crippen LogP contribution >= 0.6 is 0 Å². The molecule has 0 aromatic rings. The molecule has 88 valence electrons. The standard InChI is InChI=1S/C10H18O5/c1-4-14-10(13)15-6-8(9(11)12)5-7(2)3/h7-8H,4-6H2,1-3H3,(H,11,12). The summed E-state index contributed by atoms with van der Waals surface area (Å²) in [5.74, 6) is -1.36. The Morgan fingerprint density at radius 2 is 1.87 bits per heavy atom. The van der Waals surface area contributed by atoms with Gasteiger partial charge in [-0.1, -0.05) is 13.8 Å². The maximum absolute atomic E-state index is 10.8. The number of rotatable bonds is 6. The summed E-state index contributed by atoms with van der Waals surface area (Å²) in [6.45, 7) is 5.58. The van der Waals surface area contributed by atoms with Gasteiger partial charge in [-0.25, -0.2) is 4.79 Å². The van der Waals surface area contributed by atoms with Crippen LogP contribution in [-0.2, 0) is 14.3 Å². The summed E-state index contributed by atoms with van der Waals surface area (Å²) >= 11 is 0. The minimum absolute atomic E-state index is 0.133. The van der Waals surface area contributed by atoms with E-state index >= 15 is 0 Å². The van der Waals surface area contributed by atoms with Gasteiger partial charge in [-0.15, -0.1) is 0 Å². The molecule has 0 bridgehead atoms. The molecule has 0 fully saturated rings. The van der Waals surface area contributed by atoms with Crippen LogP contribution < -0.4 is 0 Å². The van der Waals surface area contributed by atoms with Gasteiger partial charge in [-0.2, -0.15) is 0 Å². The minimum Gasteiger partial charge on any atom is -0.481 e. The molecule has 0 aliphatic rings. The van der Waals surface area contributed by atoms with E-state index < -0.39 is 18.0 Å². The molecule has 0 rings (SSSR count). The Kier molecular flexibility index (Phi) is 6.49. The van der Waals surface area contributed by atoms with Crippen LogP contribution in [0.4, 0.5) is 4.79 Å². The van der Waals surface area contributed by atoms with Crippen LogP contribution in [-0.4, -0.2) is 30.4 Å². The second-order valence-electron chi connectivity index (χ2n) is 3.66. The van der Waals surface area contributed by atoms with E-state index in [-0.39, 0.29) is 19.1 Å². The fraction of sp³-hybridized carbons (Fsp3) is 0.800. The number of aliphatic carboxylic acids is 1. The van der Waals surface area contributed by atoms with Crippen LogP contribution in [0.1, 0.15) is 27.2 Å². The fourth-order valence-corrected chi connectivity index (χ4v) is 1.14. The number of carbonyl (C=O) groups excluding carboxylic acids is 1. The van der Waals surface area contributed by atoms with Gasteiger partial charge in [-0.05, 0) is 19.3 Å². The Balaban J connectivity index is 3.96. The highest BCUT2D eigenvalue weighted by Gasteiger charge is 2.21. The van der Waals surface area contributed by atoms with E-state index in [2.05, 4.69) is 9.47 Å². The zero-order valence-corrected chi connectivity index (χ0v) is 9.36. The molecule has 15 heavy (non-hydrogen) atoms. The van der Waals surface area contributed by atoms with Crippen LogP contribution in [0.3, 0.4) is 0 Å². The van der Waals surface area contributed by atoms with Crippen LogP contribution in [0.5, 0.6) is 0 Å². The van der Waals surface area contributed by atoms with Crippen molar-refractivity contribution in [2.45, 2.75) is 27.2 Å².